The van der Waals surface area contributed by atoms with Gasteiger partial charge in [-0.1, -0.05) is 13.5 Å². The smallest absolute Gasteiger partial charge is 0.0377 e. The Balaban J connectivity index is 2.15. The van der Waals surface area contributed by atoms with Gasteiger partial charge in [-0.15, -0.1) is 0 Å². The maximum Gasteiger partial charge on any atom is 0.0377 e. The largest absolute Gasteiger partial charge is 0.383 e. The number of nitrogens with one attached hydrogen (secondary N) is 1. The molecule has 1 aliphatic carbocycles. The second-order valence-electron chi connectivity index (χ2n) is 4.14. The molecule has 0 radical (unpaired) electrons. The van der Waals surface area contributed by atoms with Crippen molar-refractivity contribution in [2.45, 2.75) is 32.2 Å². The Kier molecular flexibility index (Phi) is 0.988. The third-order valence-electron chi connectivity index (χ3n) is 3.02. The Morgan fingerprint density at radius 2 is 2.40 bits per heavy atom. The van der Waals surface area contributed by atoms with E-state index >= 15 is 0 Å². The van der Waals surface area contributed by atoms with Crippen LogP contribution < -0.4 is 5.32 Å². The van der Waals surface area contributed by atoms with Gasteiger partial charge in [0.15, 0.2) is 0 Å². The molecular formula is C9H15N. The van der Waals surface area contributed by atoms with Gasteiger partial charge in [-0.3, -0.25) is 0 Å². The number of piperidine rings is 1. The second-order valence-corrected chi connectivity index (χ2v) is 4.14. The van der Waals surface area contributed by atoms with Crippen LogP contribution >= 0.6 is 0 Å². The lowest BCUT2D eigenvalue weighted by Gasteiger charge is -2.27. The Labute approximate surface area is 62.5 Å². The number of rotatable bonds is 0. The summed E-state index contributed by atoms with van der Waals surface area (Å²) in [4.78, 5) is 0. The molecule has 3 atom stereocenters. The zero-order valence-electron chi connectivity index (χ0n) is 6.78. The summed E-state index contributed by atoms with van der Waals surface area (Å²) < 4.78 is 0. The molecular weight excluding hydrogens is 122 g/mol. The van der Waals surface area contributed by atoms with Gasteiger partial charge in [-0.2, -0.15) is 0 Å². The average molecular weight is 137 g/mol. The summed E-state index contributed by atoms with van der Waals surface area (Å²) in [5.41, 5.74) is 1.68. The summed E-state index contributed by atoms with van der Waals surface area (Å²) >= 11 is 0. The van der Waals surface area contributed by atoms with E-state index in [0.717, 1.165) is 11.8 Å². The summed E-state index contributed by atoms with van der Waals surface area (Å²) in [5.74, 6) is 1.79. The quantitative estimate of drug-likeness (QED) is 0.537. The van der Waals surface area contributed by atoms with Crippen LogP contribution in [0.4, 0.5) is 0 Å². The maximum atomic E-state index is 3.98. The molecule has 1 heteroatoms. The molecule has 0 amide bonds. The van der Waals surface area contributed by atoms with Crippen molar-refractivity contribution in [2.24, 2.45) is 11.8 Å². The Morgan fingerprint density at radius 3 is 3.00 bits per heavy atom. The molecule has 0 spiro atoms. The van der Waals surface area contributed by atoms with E-state index in [-0.39, 0.29) is 0 Å². The Morgan fingerprint density at radius 1 is 1.70 bits per heavy atom. The van der Waals surface area contributed by atoms with Gasteiger partial charge in [-0.05, 0) is 31.6 Å². The topological polar surface area (TPSA) is 12.0 Å². The fourth-order valence-electron chi connectivity index (χ4n) is 2.36. The van der Waals surface area contributed by atoms with Crippen molar-refractivity contribution in [1.29, 1.82) is 0 Å². The Hall–Kier alpha value is -0.460. The van der Waals surface area contributed by atoms with E-state index in [1.54, 1.807) is 0 Å². The SMILES string of the molecule is C=C1CC(C)C2CC2(C)N1. The molecule has 10 heavy (non-hydrogen) atoms. The maximum absolute atomic E-state index is 3.98. The van der Waals surface area contributed by atoms with Gasteiger partial charge in [-0.25, -0.2) is 0 Å². The summed E-state index contributed by atoms with van der Waals surface area (Å²) in [5, 5.41) is 3.47. The molecule has 0 aromatic rings. The first kappa shape index (κ1) is 6.26. The number of allylic oxidation sites excluding steroid dienone is 1. The van der Waals surface area contributed by atoms with Gasteiger partial charge in [0.05, 0.1) is 0 Å². The minimum atomic E-state index is 0.439. The molecule has 1 saturated carbocycles. The minimum absolute atomic E-state index is 0.439. The van der Waals surface area contributed by atoms with Crippen LogP contribution in [-0.2, 0) is 0 Å². The van der Waals surface area contributed by atoms with Crippen molar-refractivity contribution in [2.75, 3.05) is 0 Å². The molecule has 0 aromatic heterocycles. The van der Waals surface area contributed by atoms with Crippen LogP contribution in [0.1, 0.15) is 26.7 Å². The fraction of sp³-hybridized carbons (Fsp3) is 0.778. The van der Waals surface area contributed by atoms with Crippen LogP contribution in [0.5, 0.6) is 0 Å². The van der Waals surface area contributed by atoms with Crippen LogP contribution in [0.15, 0.2) is 12.3 Å². The minimum Gasteiger partial charge on any atom is -0.383 e. The number of hydrogen-bond acceptors (Lipinski definition) is 1. The van der Waals surface area contributed by atoms with Gasteiger partial charge in [0, 0.05) is 11.2 Å². The van der Waals surface area contributed by atoms with Crippen molar-refractivity contribution >= 4 is 0 Å². The standard InChI is InChI=1S/C9H15N/c1-6-4-7(2)10-9(3)5-8(6)9/h6,8,10H,2,4-5H2,1,3H3. The van der Waals surface area contributed by atoms with Gasteiger partial charge in [0.2, 0.25) is 0 Å². The molecule has 2 rings (SSSR count). The summed E-state index contributed by atoms with van der Waals surface area (Å²) in [6.45, 7) is 8.62. The molecule has 1 aliphatic heterocycles. The molecule has 2 fully saturated rings. The third kappa shape index (κ3) is 0.695. The lowest BCUT2D eigenvalue weighted by molar-refractivity contribution is 0.367. The van der Waals surface area contributed by atoms with Crippen LogP contribution in [0, 0.1) is 11.8 Å². The normalized spacial score (nSPS) is 51.6. The molecule has 2 aliphatic rings. The highest BCUT2D eigenvalue weighted by Gasteiger charge is 2.55. The van der Waals surface area contributed by atoms with E-state index in [0.29, 0.717) is 5.54 Å². The average Bonchev–Trinajstić information content (AvgIpc) is 2.39. The van der Waals surface area contributed by atoms with Crippen molar-refractivity contribution in [3.63, 3.8) is 0 Å². The van der Waals surface area contributed by atoms with Gasteiger partial charge < -0.3 is 5.32 Å². The van der Waals surface area contributed by atoms with E-state index in [2.05, 4.69) is 25.7 Å². The predicted octanol–water partition coefficient (Wildman–Crippen LogP) is 1.91. The van der Waals surface area contributed by atoms with E-state index in [4.69, 9.17) is 0 Å². The first-order chi connectivity index (χ1) is 4.62. The molecule has 0 bridgehead atoms. The van der Waals surface area contributed by atoms with Gasteiger partial charge in [0.25, 0.3) is 0 Å². The summed E-state index contributed by atoms with van der Waals surface area (Å²) in [6.07, 6.45) is 2.54. The molecule has 3 unspecified atom stereocenters. The zero-order chi connectivity index (χ0) is 7.35. The van der Waals surface area contributed by atoms with Crippen LogP contribution in [0.3, 0.4) is 0 Å². The first-order valence-electron chi connectivity index (χ1n) is 4.08. The molecule has 1 heterocycles. The monoisotopic (exact) mass is 137 g/mol. The first-order valence-corrected chi connectivity index (χ1v) is 4.08. The molecule has 56 valence electrons. The van der Waals surface area contributed by atoms with E-state index < -0.39 is 0 Å². The van der Waals surface area contributed by atoms with Crippen molar-refractivity contribution in [1.82, 2.24) is 5.32 Å². The van der Waals surface area contributed by atoms with Gasteiger partial charge in [0.1, 0.15) is 0 Å². The third-order valence-corrected chi connectivity index (χ3v) is 3.02. The zero-order valence-corrected chi connectivity index (χ0v) is 6.78. The van der Waals surface area contributed by atoms with Crippen LogP contribution in [0.25, 0.3) is 0 Å². The van der Waals surface area contributed by atoms with E-state index in [1.807, 2.05) is 0 Å². The highest BCUT2D eigenvalue weighted by atomic mass is 15.1. The van der Waals surface area contributed by atoms with Crippen molar-refractivity contribution < 1.29 is 0 Å². The van der Waals surface area contributed by atoms with E-state index in [1.165, 1.54) is 18.5 Å². The summed E-state index contributed by atoms with van der Waals surface area (Å²) in [6, 6.07) is 0. The van der Waals surface area contributed by atoms with Gasteiger partial charge >= 0.3 is 0 Å². The lowest BCUT2D eigenvalue weighted by Crippen LogP contribution is -2.35. The molecule has 1 N–H and O–H groups in total. The lowest BCUT2D eigenvalue weighted by atomic mass is 9.93. The van der Waals surface area contributed by atoms with Crippen LogP contribution in [0.2, 0.25) is 0 Å². The molecule has 0 aromatic carbocycles. The highest BCUT2D eigenvalue weighted by molar-refractivity contribution is 5.19. The van der Waals surface area contributed by atoms with Crippen LogP contribution in [-0.4, -0.2) is 5.54 Å². The predicted molar refractivity (Wildman–Crippen MR) is 42.6 cm³/mol. The fourth-order valence-corrected chi connectivity index (χ4v) is 2.36. The number of fused-ring (bicyclic) bond motifs is 1. The highest BCUT2D eigenvalue weighted by Crippen LogP contribution is 2.53. The summed E-state index contributed by atoms with van der Waals surface area (Å²) in [7, 11) is 0. The Bertz CT molecular complexity index is 185. The van der Waals surface area contributed by atoms with Crippen molar-refractivity contribution in [3.05, 3.63) is 12.3 Å². The number of hydrogen-bond donors (Lipinski definition) is 1. The molecule has 1 nitrogen and oxygen atoms in total. The van der Waals surface area contributed by atoms with Crippen molar-refractivity contribution in [3.8, 4) is 0 Å². The van der Waals surface area contributed by atoms with E-state index in [9.17, 15) is 0 Å². The second kappa shape index (κ2) is 1.58. The molecule has 1 saturated heterocycles.